The van der Waals surface area contributed by atoms with Crippen LogP contribution >= 0.6 is 11.6 Å². The first-order chi connectivity index (χ1) is 7.89. The van der Waals surface area contributed by atoms with Crippen LogP contribution in [0.15, 0.2) is 12.3 Å². The van der Waals surface area contributed by atoms with Crippen LogP contribution in [0.25, 0.3) is 0 Å². The summed E-state index contributed by atoms with van der Waals surface area (Å²) in [5.41, 5.74) is 6.12. The lowest BCUT2D eigenvalue weighted by molar-refractivity contribution is 0.0695. The van der Waals surface area contributed by atoms with E-state index in [1.165, 1.54) is 0 Å². The number of amides is 1. The SMILES string of the molecule is CCN(CC(C)(C)CN)C(=O)c1cc(Cl)c[nH]1. The molecule has 0 fully saturated rings. The second-order valence-electron chi connectivity index (χ2n) is 4.92. The van der Waals surface area contributed by atoms with E-state index >= 15 is 0 Å². The molecule has 96 valence electrons. The second kappa shape index (κ2) is 5.56. The van der Waals surface area contributed by atoms with Gasteiger partial charge in [0.05, 0.1) is 5.02 Å². The number of carbonyl (C=O) groups is 1. The monoisotopic (exact) mass is 257 g/mol. The Hall–Kier alpha value is -1.00. The molecule has 17 heavy (non-hydrogen) atoms. The van der Waals surface area contributed by atoms with Crippen LogP contribution in [0, 0.1) is 5.41 Å². The quantitative estimate of drug-likeness (QED) is 0.849. The van der Waals surface area contributed by atoms with Gasteiger partial charge in [-0.15, -0.1) is 0 Å². The molecule has 3 N–H and O–H groups in total. The Bertz CT molecular complexity index is 387. The zero-order chi connectivity index (χ0) is 13.1. The number of nitrogens with two attached hydrogens (primary N) is 1. The lowest BCUT2D eigenvalue weighted by Gasteiger charge is -2.30. The molecule has 1 rings (SSSR count). The molecule has 0 saturated heterocycles. The number of aromatic amines is 1. The average Bonchev–Trinajstić information content (AvgIpc) is 2.72. The van der Waals surface area contributed by atoms with Gasteiger partial charge in [-0.2, -0.15) is 0 Å². The first kappa shape index (κ1) is 14.1. The van der Waals surface area contributed by atoms with Gasteiger partial charge in [-0.1, -0.05) is 25.4 Å². The summed E-state index contributed by atoms with van der Waals surface area (Å²) in [4.78, 5) is 16.8. The molecule has 0 aromatic carbocycles. The van der Waals surface area contributed by atoms with Crippen LogP contribution in [0.2, 0.25) is 5.02 Å². The molecular weight excluding hydrogens is 238 g/mol. The van der Waals surface area contributed by atoms with Crippen molar-refractivity contribution in [1.29, 1.82) is 0 Å². The number of H-pyrrole nitrogens is 1. The molecule has 0 unspecified atom stereocenters. The van der Waals surface area contributed by atoms with E-state index in [1.807, 2.05) is 20.8 Å². The highest BCUT2D eigenvalue weighted by atomic mass is 35.5. The second-order valence-corrected chi connectivity index (χ2v) is 5.36. The zero-order valence-corrected chi connectivity index (χ0v) is 11.3. The van der Waals surface area contributed by atoms with E-state index in [1.54, 1.807) is 17.2 Å². The summed E-state index contributed by atoms with van der Waals surface area (Å²) in [5.74, 6) is -0.0408. The van der Waals surface area contributed by atoms with Gasteiger partial charge in [0.1, 0.15) is 5.69 Å². The number of rotatable bonds is 5. The fourth-order valence-electron chi connectivity index (χ4n) is 1.57. The average molecular weight is 258 g/mol. The normalized spacial score (nSPS) is 11.6. The Kier molecular flexibility index (Phi) is 4.60. The summed E-state index contributed by atoms with van der Waals surface area (Å²) in [6.07, 6.45) is 1.61. The molecule has 1 amide bonds. The van der Waals surface area contributed by atoms with E-state index in [4.69, 9.17) is 17.3 Å². The van der Waals surface area contributed by atoms with E-state index in [0.717, 1.165) is 0 Å². The van der Waals surface area contributed by atoms with E-state index in [9.17, 15) is 4.79 Å². The molecule has 0 atom stereocenters. The van der Waals surface area contributed by atoms with Gasteiger partial charge in [0, 0.05) is 19.3 Å². The van der Waals surface area contributed by atoms with Crippen molar-refractivity contribution in [3.05, 3.63) is 23.0 Å². The highest BCUT2D eigenvalue weighted by molar-refractivity contribution is 6.30. The Labute approximate surface area is 107 Å². The molecule has 0 spiro atoms. The molecular formula is C12H20ClN3O. The van der Waals surface area contributed by atoms with Gasteiger partial charge < -0.3 is 15.6 Å². The van der Waals surface area contributed by atoms with E-state index in [-0.39, 0.29) is 11.3 Å². The first-order valence-electron chi connectivity index (χ1n) is 5.73. The van der Waals surface area contributed by atoms with Gasteiger partial charge in [-0.3, -0.25) is 4.79 Å². The first-order valence-corrected chi connectivity index (χ1v) is 6.10. The van der Waals surface area contributed by atoms with Gasteiger partial charge in [0.25, 0.3) is 5.91 Å². The van der Waals surface area contributed by atoms with Crippen molar-refractivity contribution in [2.75, 3.05) is 19.6 Å². The summed E-state index contributed by atoms with van der Waals surface area (Å²) in [6, 6.07) is 1.64. The Morgan fingerprint density at radius 1 is 1.59 bits per heavy atom. The minimum Gasteiger partial charge on any atom is -0.356 e. The van der Waals surface area contributed by atoms with Crippen LogP contribution < -0.4 is 5.73 Å². The van der Waals surface area contributed by atoms with E-state index < -0.39 is 0 Å². The predicted molar refractivity (Wildman–Crippen MR) is 70.2 cm³/mol. The maximum Gasteiger partial charge on any atom is 0.270 e. The highest BCUT2D eigenvalue weighted by Gasteiger charge is 2.24. The molecule has 0 aliphatic rings. The Morgan fingerprint density at radius 3 is 2.65 bits per heavy atom. The van der Waals surface area contributed by atoms with Gasteiger partial charge in [-0.05, 0) is 24.9 Å². The maximum absolute atomic E-state index is 12.2. The minimum atomic E-state index is -0.0813. The molecule has 1 aromatic heterocycles. The standard InChI is InChI=1S/C12H20ClN3O/c1-4-16(8-12(2,3)7-14)11(17)10-5-9(13)6-15-10/h5-6,15H,4,7-8,14H2,1-3H3. The largest absolute Gasteiger partial charge is 0.356 e. The smallest absolute Gasteiger partial charge is 0.270 e. The molecule has 0 aliphatic carbocycles. The number of aromatic nitrogens is 1. The van der Waals surface area contributed by atoms with Crippen LogP contribution in [-0.4, -0.2) is 35.4 Å². The van der Waals surface area contributed by atoms with Crippen molar-refractivity contribution in [2.45, 2.75) is 20.8 Å². The number of hydrogen-bond donors (Lipinski definition) is 2. The van der Waals surface area contributed by atoms with Crippen LogP contribution in [0.4, 0.5) is 0 Å². The third-order valence-corrected chi connectivity index (χ3v) is 2.94. The van der Waals surface area contributed by atoms with Crippen molar-refractivity contribution in [2.24, 2.45) is 11.1 Å². The number of nitrogens with zero attached hydrogens (tertiary/aromatic N) is 1. The molecule has 4 nitrogen and oxygen atoms in total. The van der Waals surface area contributed by atoms with Gasteiger partial charge in [-0.25, -0.2) is 0 Å². The summed E-state index contributed by atoms with van der Waals surface area (Å²) in [6.45, 7) is 7.88. The molecule has 0 bridgehead atoms. The fourth-order valence-corrected chi connectivity index (χ4v) is 1.73. The Balaban J connectivity index is 2.78. The van der Waals surface area contributed by atoms with Crippen molar-refractivity contribution >= 4 is 17.5 Å². The van der Waals surface area contributed by atoms with Gasteiger partial charge in [0.2, 0.25) is 0 Å². The van der Waals surface area contributed by atoms with Crippen molar-refractivity contribution in [1.82, 2.24) is 9.88 Å². The summed E-state index contributed by atoms with van der Waals surface area (Å²) >= 11 is 5.79. The van der Waals surface area contributed by atoms with Crippen molar-refractivity contribution < 1.29 is 4.79 Å². The number of carbonyl (C=O) groups excluding carboxylic acids is 1. The third kappa shape index (κ3) is 3.75. The van der Waals surface area contributed by atoms with Gasteiger partial charge >= 0.3 is 0 Å². The third-order valence-electron chi connectivity index (χ3n) is 2.72. The van der Waals surface area contributed by atoms with Crippen LogP contribution in [-0.2, 0) is 0 Å². The van der Waals surface area contributed by atoms with Crippen LogP contribution in [0.1, 0.15) is 31.3 Å². The van der Waals surface area contributed by atoms with Crippen LogP contribution in [0.5, 0.6) is 0 Å². The topological polar surface area (TPSA) is 62.1 Å². The van der Waals surface area contributed by atoms with Gasteiger partial charge in [0.15, 0.2) is 0 Å². The molecule has 0 radical (unpaired) electrons. The van der Waals surface area contributed by atoms with E-state index in [2.05, 4.69) is 4.98 Å². The molecule has 0 aliphatic heterocycles. The summed E-state index contributed by atoms with van der Waals surface area (Å²) in [7, 11) is 0. The van der Waals surface area contributed by atoms with Crippen molar-refractivity contribution in [3.8, 4) is 0 Å². The maximum atomic E-state index is 12.2. The molecule has 0 saturated carbocycles. The van der Waals surface area contributed by atoms with Crippen molar-refractivity contribution in [3.63, 3.8) is 0 Å². The fraction of sp³-hybridized carbons (Fsp3) is 0.583. The highest BCUT2D eigenvalue weighted by Crippen LogP contribution is 2.17. The molecule has 1 aromatic rings. The number of halogens is 1. The summed E-state index contributed by atoms with van der Waals surface area (Å²) < 4.78 is 0. The van der Waals surface area contributed by atoms with E-state index in [0.29, 0.717) is 30.4 Å². The summed E-state index contributed by atoms with van der Waals surface area (Å²) in [5, 5.41) is 0.544. The molecule has 1 heterocycles. The Morgan fingerprint density at radius 2 is 2.24 bits per heavy atom. The molecule has 5 heteroatoms. The minimum absolute atomic E-state index is 0.0408. The lowest BCUT2D eigenvalue weighted by atomic mass is 9.93. The number of hydrogen-bond acceptors (Lipinski definition) is 2. The number of nitrogens with one attached hydrogen (secondary N) is 1. The lowest BCUT2D eigenvalue weighted by Crippen LogP contribution is -2.42. The zero-order valence-electron chi connectivity index (χ0n) is 10.6. The predicted octanol–water partition coefficient (Wildman–Crippen LogP) is 2.12. The van der Waals surface area contributed by atoms with Crippen LogP contribution in [0.3, 0.4) is 0 Å².